The summed E-state index contributed by atoms with van der Waals surface area (Å²) in [5, 5.41) is 18.7. The van der Waals surface area contributed by atoms with E-state index in [2.05, 4.69) is 0 Å². The second-order valence-electron chi connectivity index (χ2n) is 2.80. The van der Waals surface area contributed by atoms with E-state index in [0.29, 0.717) is 6.42 Å². The number of phenolic OH excluding ortho intramolecular Hbond substituents is 1. The van der Waals surface area contributed by atoms with Crippen LogP contribution in [0.2, 0.25) is 0 Å². The molecule has 0 fully saturated rings. The Kier molecular flexibility index (Phi) is 3.22. The maximum atomic E-state index is 12.7. The molecule has 0 spiro atoms. The summed E-state index contributed by atoms with van der Waals surface area (Å²) in [6, 6.07) is 3.45. The van der Waals surface area contributed by atoms with Crippen LogP contribution in [-0.4, -0.2) is 16.8 Å². The fraction of sp³-hybridized carbons (Fsp3) is 0.333. The lowest BCUT2D eigenvalue weighted by Gasteiger charge is -2.10. The highest BCUT2D eigenvalue weighted by molar-refractivity contribution is 5.34. The molecule has 0 aliphatic carbocycles. The topological polar surface area (TPSA) is 66.5 Å². The van der Waals surface area contributed by atoms with Crippen LogP contribution in [0.5, 0.6) is 5.75 Å². The highest BCUT2D eigenvalue weighted by Crippen LogP contribution is 2.26. The molecule has 1 atom stereocenters. The summed E-state index contributed by atoms with van der Waals surface area (Å²) in [4.78, 5) is 0. The highest BCUT2D eigenvalue weighted by atomic mass is 19.1. The maximum Gasteiger partial charge on any atom is 0.123 e. The zero-order valence-electron chi connectivity index (χ0n) is 7.07. The monoisotopic (exact) mass is 185 g/mol. The number of hydrogen-bond donors (Lipinski definition) is 3. The van der Waals surface area contributed by atoms with Crippen LogP contribution in [0.4, 0.5) is 4.39 Å². The lowest BCUT2D eigenvalue weighted by atomic mass is 10.1. The molecule has 0 aliphatic rings. The lowest BCUT2D eigenvalue weighted by molar-refractivity contribution is 0.166. The molecule has 72 valence electrons. The number of hydrogen-bond acceptors (Lipinski definition) is 3. The van der Waals surface area contributed by atoms with Gasteiger partial charge in [0.1, 0.15) is 11.6 Å². The number of aliphatic hydroxyl groups is 1. The number of phenols is 1. The van der Waals surface area contributed by atoms with Gasteiger partial charge in [-0.3, -0.25) is 0 Å². The van der Waals surface area contributed by atoms with Crippen molar-refractivity contribution in [2.75, 3.05) is 6.54 Å². The van der Waals surface area contributed by atoms with Crippen LogP contribution in [-0.2, 0) is 0 Å². The van der Waals surface area contributed by atoms with E-state index in [9.17, 15) is 14.6 Å². The molecule has 3 nitrogen and oxygen atoms in total. The van der Waals surface area contributed by atoms with Gasteiger partial charge in [0.2, 0.25) is 0 Å². The molecule has 1 aromatic rings. The molecule has 0 amide bonds. The van der Waals surface area contributed by atoms with Crippen LogP contribution >= 0.6 is 0 Å². The van der Waals surface area contributed by atoms with Gasteiger partial charge in [-0.2, -0.15) is 0 Å². The van der Waals surface area contributed by atoms with Crippen molar-refractivity contribution in [2.45, 2.75) is 12.5 Å². The van der Waals surface area contributed by atoms with Gasteiger partial charge in [0, 0.05) is 5.56 Å². The normalized spacial score (nSPS) is 12.8. The third kappa shape index (κ3) is 2.40. The van der Waals surface area contributed by atoms with E-state index in [1.54, 1.807) is 0 Å². The largest absolute Gasteiger partial charge is 0.508 e. The van der Waals surface area contributed by atoms with E-state index in [4.69, 9.17) is 5.73 Å². The second-order valence-corrected chi connectivity index (χ2v) is 2.80. The van der Waals surface area contributed by atoms with Crippen LogP contribution in [0.1, 0.15) is 18.1 Å². The molecule has 0 unspecified atom stereocenters. The van der Waals surface area contributed by atoms with Crippen molar-refractivity contribution < 1.29 is 14.6 Å². The van der Waals surface area contributed by atoms with E-state index in [1.807, 2.05) is 0 Å². The molecule has 1 rings (SSSR count). The van der Waals surface area contributed by atoms with Gasteiger partial charge >= 0.3 is 0 Å². The zero-order valence-corrected chi connectivity index (χ0v) is 7.07. The van der Waals surface area contributed by atoms with E-state index in [-0.39, 0.29) is 17.9 Å². The number of aliphatic hydroxyl groups excluding tert-OH is 1. The van der Waals surface area contributed by atoms with Gasteiger partial charge in [0.15, 0.2) is 0 Å². The van der Waals surface area contributed by atoms with Crippen molar-refractivity contribution in [2.24, 2.45) is 5.73 Å². The molecule has 0 aliphatic heterocycles. The van der Waals surface area contributed by atoms with Crippen LogP contribution < -0.4 is 5.73 Å². The predicted octanol–water partition coefficient (Wildman–Crippen LogP) is 0.914. The third-order valence-corrected chi connectivity index (χ3v) is 1.79. The number of benzene rings is 1. The molecular weight excluding hydrogens is 173 g/mol. The first kappa shape index (κ1) is 9.95. The second kappa shape index (κ2) is 4.20. The van der Waals surface area contributed by atoms with E-state index < -0.39 is 11.9 Å². The van der Waals surface area contributed by atoms with Gasteiger partial charge in [-0.25, -0.2) is 4.39 Å². The van der Waals surface area contributed by atoms with Crippen molar-refractivity contribution in [3.8, 4) is 5.75 Å². The van der Waals surface area contributed by atoms with E-state index in [1.165, 1.54) is 6.07 Å². The standard InChI is InChI=1S/C9H12FNO2/c10-6-1-2-8(12)7(5-6)9(13)3-4-11/h1-2,5,9,12-13H,3-4,11H2/t9-/m1/s1. The fourth-order valence-corrected chi connectivity index (χ4v) is 1.11. The van der Waals surface area contributed by atoms with Crippen molar-refractivity contribution in [3.05, 3.63) is 29.6 Å². The molecule has 0 saturated heterocycles. The maximum absolute atomic E-state index is 12.7. The quantitative estimate of drug-likeness (QED) is 0.655. The summed E-state index contributed by atoms with van der Waals surface area (Å²) in [7, 11) is 0. The van der Waals surface area contributed by atoms with Crippen LogP contribution in [0.3, 0.4) is 0 Å². The minimum absolute atomic E-state index is 0.109. The van der Waals surface area contributed by atoms with Crippen LogP contribution in [0.15, 0.2) is 18.2 Å². The smallest absolute Gasteiger partial charge is 0.123 e. The Bertz CT molecular complexity index is 291. The Labute approximate surface area is 75.6 Å². The summed E-state index contributed by atoms with van der Waals surface area (Å²) >= 11 is 0. The molecule has 4 N–H and O–H groups in total. The summed E-state index contributed by atoms with van der Waals surface area (Å²) in [5.41, 5.74) is 5.41. The van der Waals surface area contributed by atoms with Crippen molar-refractivity contribution in [1.29, 1.82) is 0 Å². The number of aromatic hydroxyl groups is 1. The first-order chi connectivity index (χ1) is 6.15. The molecule has 13 heavy (non-hydrogen) atoms. The summed E-state index contributed by atoms with van der Waals surface area (Å²) in [5.74, 6) is -0.591. The predicted molar refractivity (Wildman–Crippen MR) is 46.7 cm³/mol. The molecule has 0 saturated carbocycles. The van der Waals surface area contributed by atoms with Gasteiger partial charge < -0.3 is 15.9 Å². The fourth-order valence-electron chi connectivity index (χ4n) is 1.11. The summed E-state index contributed by atoms with van der Waals surface area (Å²) in [6.07, 6.45) is -0.600. The van der Waals surface area contributed by atoms with Gasteiger partial charge in [-0.15, -0.1) is 0 Å². The number of halogens is 1. The van der Waals surface area contributed by atoms with Crippen LogP contribution in [0, 0.1) is 5.82 Å². The van der Waals surface area contributed by atoms with Crippen LogP contribution in [0.25, 0.3) is 0 Å². The molecule has 4 heteroatoms. The summed E-state index contributed by atoms with van der Waals surface area (Å²) in [6.45, 7) is 0.289. The Morgan fingerprint density at radius 2 is 2.15 bits per heavy atom. The first-order valence-electron chi connectivity index (χ1n) is 4.01. The number of rotatable bonds is 3. The van der Waals surface area contributed by atoms with Gasteiger partial charge in [-0.05, 0) is 31.2 Å². The zero-order chi connectivity index (χ0) is 9.84. The molecule has 0 heterocycles. The average molecular weight is 185 g/mol. The van der Waals surface area contributed by atoms with Gasteiger partial charge in [0.25, 0.3) is 0 Å². The van der Waals surface area contributed by atoms with Gasteiger partial charge in [0.05, 0.1) is 6.10 Å². The molecule has 0 bridgehead atoms. The third-order valence-electron chi connectivity index (χ3n) is 1.79. The Balaban J connectivity index is 2.91. The SMILES string of the molecule is NCC[C@@H](O)c1cc(F)ccc1O. The van der Waals surface area contributed by atoms with Gasteiger partial charge in [-0.1, -0.05) is 0 Å². The lowest BCUT2D eigenvalue weighted by Crippen LogP contribution is -2.07. The highest BCUT2D eigenvalue weighted by Gasteiger charge is 2.11. The Hall–Kier alpha value is -1.13. The van der Waals surface area contributed by atoms with E-state index >= 15 is 0 Å². The first-order valence-corrected chi connectivity index (χ1v) is 4.01. The minimum atomic E-state index is -0.902. The Morgan fingerprint density at radius 1 is 1.46 bits per heavy atom. The van der Waals surface area contributed by atoms with E-state index in [0.717, 1.165) is 12.1 Å². The molecular formula is C9H12FNO2. The summed E-state index contributed by atoms with van der Waals surface area (Å²) < 4.78 is 12.7. The molecule has 0 radical (unpaired) electrons. The van der Waals surface area contributed by atoms with Crippen molar-refractivity contribution >= 4 is 0 Å². The Morgan fingerprint density at radius 3 is 2.77 bits per heavy atom. The number of nitrogens with two attached hydrogens (primary N) is 1. The average Bonchev–Trinajstić information content (AvgIpc) is 2.09. The molecule has 0 aromatic heterocycles. The van der Waals surface area contributed by atoms with Crippen molar-refractivity contribution in [1.82, 2.24) is 0 Å². The molecule has 1 aromatic carbocycles. The minimum Gasteiger partial charge on any atom is -0.508 e. The van der Waals surface area contributed by atoms with Crippen molar-refractivity contribution in [3.63, 3.8) is 0 Å².